The van der Waals surface area contributed by atoms with Gasteiger partial charge in [0.2, 0.25) is 0 Å². The lowest BCUT2D eigenvalue weighted by atomic mass is 9.94. The number of pyridine rings is 1. The van der Waals surface area contributed by atoms with Gasteiger partial charge in [0, 0.05) is 43.0 Å². The molecule has 4 heteroatoms. The zero-order valence-electron chi connectivity index (χ0n) is 22.5. The largest absolute Gasteiger partial charge is 0.497 e. The minimum absolute atomic E-state index is 0.761. The summed E-state index contributed by atoms with van der Waals surface area (Å²) >= 11 is 0. The molecule has 1 aromatic heterocycles. The van der Waals surface area contributed by atoms with Crippen molar-refractivity contribution in [3.8, 4) is 22.8 Å². The van der Waals surface area contributed by atoms with Gasteiger partial charge in [-0.15, -0.1) is 0 Å². The maximum atomic E-state index is 5.91. The first-order chi connectivity index (χ1) is 18.1. The number of ether oxygens (including phenoxy) is 2. The predicted octanol–water partition coefficient (Wildman–Crippen LogP) is 7.14. The molecule has 37 heavy (non-hydrogen) atoms. The third-order valence-corrected chi connectivity index (χ3v) is 6.94. The highest BCUT2D eigenvalue weighted by Gasteiger charge is 2.16. The monoisotopic (exact) mass is 494 g/mol. The highest BCUT2D eigenvalue weighted by molar-refractivity contribution is 5.69. The first kappa shape index (κ1) is 26.4. The number of aryl methyl sites for hydroxylation is 2. The normalized spacial score (nSPS) is 11.1. The van der Waals surface area contributed by atoms with Gasteiger partial charge in [-0.3, -0.25) is 9.88 Å². The molecule has 0 unspecified atom stereocenters. The Labute approximate surface area is 221 Å². The molecular weight excluding hydrogens is 456 g/mol. The molecule has 0 spiro atoms. The molecule has 0 saturated heterocycles. The second-order valence-electron chi connectivity index (χ2n) is 9.33. The number of hydrogen-bond donors (Lipinski definition) is 0. The molecule has 0 aliphatic rings. The smallest absolute Gasteiger partial charge is 0.127 e. The molecule has 0 fully saturated rings. The Morgan fingerprint density at radius 2 is 1.41 bits per heavy atom. The van der Waals surface area contributed by atoms with E-state index in [0.29, 0.717) is 0 Å². The molecule has 0 saturated carbocycles. The molecule has 0 bridgehead atoms. The molecule has 4 nitrogen and oxygen atoms in total. The summed E-state index contributed by atoms with van der Waals surface area (Å²) in [6, 6.07) is 27.7. The lowest BCUT2D eigenvalue weighted by molar-refractivity contribution is 0.255. The number of rotatable bonds is 12. The first-order valence-corrected chi connectivity index (χ1v) is 13.2. The minimum atomic E-state index is 0.761. The van der Waals surface area contributed by atoms with Gasteiger partial charge in [0.25, 0.3) is 0 Å². The molecule has 0 aliphatic heterocycles. The maximum absolute atomic E-state index is 5.91. The molecular formula is C33H38N2O2. The highest BCUT2D eigenvalue weighted by atomic mass is 16.5. The van der Waals surface area contributed by atoms with Crippen molar-refractivity contribution in [1.82, 2.24) is 9.88 Å². The van der Waals surface area contributed by atoms with E-state index in [1.54, 1.807) is 14.2 Å². The van der Waals surface area contributed by atoms with Crippen LogP contribution in [0.5, 0.6) is 11.5 Å². The number of aromatic nitrogens is 1. The van der Waals surface area contributed by atoms with Gasteiger partial charge in [0.05, 0.1) is 19.9 Å². The van der Waals surface area contributed by atoms with Crippen molar-refractivity contribution in [2.45, 2.75) is 46.2 Å². The van der Waals surface area contributed by atoms with Gasteiger partial charge >= 0.3 is 0 Å². The van der Waals surface area contributed by atoms with Gasteiger partial charge in [-0.1, -0.05) is 74.5 Å². The zero-order chi connectivity index (χ0) is 26.0. The second-order valence-corrected chi connectivity index (χ2v) is 9.33. The lowest BCUT2D eigenvalue weighted by Crippen LogP contribution is -2.25. The summed E-state index contributed by atoms with van der Waals surface area (Å²) in [5.74, 6) is 1.78. The Bertz CT molecular complexity index is 1250. The molecule has 0 aliphatic carbocycles. The third-order valence-electron chi connectivity index (χ3n) is 6.94. The molecule has 3 aromatic carbocycles. The maximum Gasteiger partial charge on any atom is 0.127 e. The van der Waals surface area contributed by atoms with Crippen LogP contribution >= 0.6 is 0 Å². The van der Waals surface area contributed by atoms with Crippen molar-refractivity contribution >= 4 is 0 Å². The average molecular weight is 495 g/mol. The third kappa shape index (κ3) is 6.78. The van der Waals surface area contributed by atoms with Crippen LogP contribution in [0.3, 0.4) is 0 Å². The van der Waals surface area contributed by atoms with E-state index >= 15 is 0 Å². The van der Waals surface area contributed by atoms with Crippen LogP contribution in [-0.2, 0) is 32.4 Å². The van der Waals surface area contributed by atoms with E-state index in [-0.39, 0.29) is 0 Å². The van der Waals surface area contributed by atoms with Crippen molar-refractivity contribution in [2.24, 2.45) is 0 Å². The van der Waals surface area contributed by atoms with Crippen LogP contribution in [0.4, 0.5) is 0 Å². The summed E-state index contributed by atoms with van der Waals surface area (Å²) in [4.78, 5) is 7.42. The summed E-state index contributed by atoms with van der Waals surface area (Å²) in [7, 11) is 3.46. The number of benzene rings is 3. The van der Waals surface area contributed by atoms with Crippen molar-refractivity contribution in [2.75, 3.05) is 20.8 Å². The van der Waals surface area contributed by atoms with Crippen LogP contribution in [0, 0.1) is 0 Å². The molecule has 0 radical (unpaired) electrons. The highest BCUT2D eigenvalue weighted by Crippen LogP contribution is 2.32. The molecule has 0 N–H and O–H groups in total. The quantitative estimate of drug-likeness (QED) is 0.210. The van der Waals surface area contributed by atoms with E-state index in [0.717, 1.165) is 61.7 Å². The van der Waals surface area contributed by atoms with E-state index in [1.165, 1.54) is 27.8 Å². The Balaban J connectivity index is 1.59. The molecule has 4 rings (SSSR count). The van der Waals surface area contributed by atoms with Gasteiger partial charge in [-0.05, 0) is 53.6 Å². The fourth-order valence-electron chi connectivity index (χ4n) is 4.86. The lowest BCUT2D eigenvalue weighted by Gasteiger charge is -2.24. The molecule has 4 aromatic rings. The summed E-state index contributed by atoms with van der Waals surface area (Å²) in [5.41, 5.74) is 8.58. The molecule has 192 valence electrons. The summed E-state index contributed by atoms with van der Waals surface area (Å²) in [6.45, 7) is 6.95. The van der Waals surface area contributed by atoms with Gasteiger partial charge in [-0.2, -0.15) is 0 Å². The fraction of sp³-hybridized carbons (Fsp3) is 0.303. The molecule has 0 amide bonds. The minimum Gasteiger partial charge on any atom is -0.497 e. The van der Waals surface area contributed by atoms with Gasteiger partial charge in [-0.25, -0.2) is 0 Å². The average Bonchev–Trinajstić information content (AvgIpc) is 2.96. The van der Waals surface area contributed by atoms with Crippen molar-refractivity contribution in [1.29, 1.82) is 0 Å². The van der Waals surface area contributed by atoms with Crippen LogP contribution in [0.2, 0.25) is 0 Å². The van der Waals surface area contributed by atoms with E-state index in [1.807, 2.05) is 18.3 Å². The first-order valence-electron chi connectivity index (χ1n) is 13.2. The number of nitrogens with zero attached hydrogens (tertiary/aromatic N) is 2. The fourth-order valence-corrected chi connectivity index (χ4v) is 4.86. The summed E-state index contributed by atoms with van der Waals surface area (Å²) < 4.78 is 11.2. The second kappa shape index (κ2) is 13.1. The Morgan fingerprint density at radius 3 is 2.03 bits per heavy atom. The van der Waals surface area contributed by atoms with E-state index in [9.17, 15) is 0 Å². The number of methoxy groups -OCH3 is 2. The van der Waals surface area contributed by atoms with Crippen LogP contribution in [0.1, 0.15) is 41.7 Å². The predicted molar refractivity (Wildman–Crippen MR) is 152 cm³/mol. The van der Waals surface area contributed by atoms with Crippen LogP contribution in [0.15, 0.2) is 85.1 Å². The van der Waals surface area contributed by atoms with Crippen LogP contribution in [-0.4, -0.2) is 30.6 Å². The Kier molecular flexibility index (Phi) is 9.34. The van der Waals surface area contributed by atoms with Crippen molar-refractivity contribution in [3.05, 3.63) is 113 Å². The number of hydrogen-bond acceptors (Lipinski definition) is 4. The van der Waals surface area contributed by atoms with Crippen molar-refractivity contribution < 1.29 is 9.47 Å². The Morgan fingerprint density at radius 1 is 0.703 bits per heavy atom. The molecule has 1 heterocycles. The topological polar surface area (TPSA) is 34.6 Å². The Hall–Kier alpha value is -3.63. The van der Waals surface area contributed by atoms with Crippen LogP contribution in [0.25, 0.3) is 11.3 Å². The SMILES string of the molecule is CCc1cccc(CC)c1-c1cc(OC)c(CN(CCc2ccc(OC)cc2)Cc2ccccc2)cn1. The van der Waals surface area contributed by atoms with E-state index in [2.05, 4.69) is 85.5 Å². The van der Waals surface area contributed by atoms with Gasteiger partial charge in [0.1, 0.15) is 11.5 Å². The van der Waals surface area contributed by atoms with Gasteiger partial charge < -0.3 is 9.47 Å². The van der Waals surface area contributed by atoms with Crippen LogP contribution < -0.4 is 9.47 Å². The summed E-state index contributed by atoms with van der Waals surface area (Å²) in [5, 5.41) is 0. The zero-order valence-corrected chi connectivity index (χ0v) is 22.5. The molecule has 0 atom stereocenters. The van der Waals surface area contributed by atoms with E-state index < -0.39 is 0 Å². The van der Waals surface area contributed by atoms with Gasteiger partial charge in [0.15, 0.2) is 0 Å². The van der Waals surface area contributed by atoms with E-state index in [4.69, 9.17) is 14.5 Å². The summed E-state index contributed by atoms with van der Waals surface area (Å²) in [6.07, 6.45) is 4.91. The van der Waals surface area contributed by atoms with Crippen molar-refractivity contribution in [3.63, 3.8) is 0 Å². The standard InChI is InChI=1S/C33H38N2O2/c1-5-27-13-10-14-28(6-2)33(27)31-21-32(37-4)29(22-34-31)24-35(23-26-11-8-7-9-12-26)20-19-25-15-17-30(36-3)18-16-25/h7-18,21-22H,5-6,19-20,23-24H2,1-4H3.